The van der Waals surface area contributed by atoms with Crippen LogP contribution in [0.25, 0.3) is 0 Å². The highest BCUT2D eigenvalue weighted by molar-refractivity contribution is 5.46. The maximum atomic E-state index is 5.97. The van der Waals surface area contributed by atoms with Gasteiger partial charge >= 0.3 is 0 Å². The van der Waals surface area contributed by atoms with Gasteiger partial charge in [-0.1, -0.05) is 0 Å². The Morgan fingerprint density at radius 1 is 1.14 bits per heavy atom. The summed E-state index contributed by atoms with van der Waals surface area (Å²) in [5.41, 5.74) is 12.0. The van der Waals surface area contributed by atoms with Crippen molar-refractivity contribution in [2.24, 2.45) is 17.8 Å². The molecular weight excluding hydrogens is 362 g/mol. The molecule has 3 saturated carbocycles. The standard InChI is InChI=1S/C15H20N4.C8H13NO/c16-15-13(11-3-4-11)7-12(8-17-15)14-5-6-19(18-14)9-10-1-2-10;1-6-2-9(3-7(1)6)8-4-10-5-8/h5-8,10-11,14,18H,1-4,9H2,(H2,16,17);6-8H,1-5H2. The molecule has 3 aliphatic heterocycles. The fourth-order valence-electron chi connectivity index (χ4n) is 4.90. The predicted octanol–water partition coefficient (Wildman–Crippen LogP) is 2.66. The zero-order valence-electron chi connectivity index (χ0n) is 17.2. The van der Waals surface area contributed by atoms with E-state index in [0.717, 1.165) is 43.6 Å². The van der Waals surface area contributed by atoms with Gasteiger partial charge in [0.05, 0.1) is 25.3 Å². The van der Waals surface area contributed by atoms with E-state index in [1.54, 1.807) is 0 Å². The molecule has 6 nitrogen and oxygen atoms in total. The Labute approximate surface area is 173 Å². The minimum absolute atomic E-state index is 0.254. The molecule has 2 saturated heterocycles. The average molecular weight is 396 g/mol. The first-order valence-electron chi connectivity index (χ1n) is 11.5. The van der Waals surface area contributed by atoms with Crippen LogP contribution in [0, 0.1) is 17.8 Å². The molecular formula is C23H33N5O. The number of hydrogen-bond acceptors (Lipinski definition) is 6. The molecule has 1 aromatic heterocycles. The zero-order chi connectivity index (χ0) is 19.4. The third kappa shape index (κ3) is 4.03. The fourth-order valence-corrected chi connectivity index (χ4v) is 4.90. The Morgan fingerprint density at radius 3 is 2.59 bits per heavy atom. The lowest BCUT2D eigenvalue weighted by Crippen LogP contribution is -2.48. The van der Waals surface area contributed by atoms with Crippen molar-refractivity contribution < 1.29 is 4.74 Å². The summed E-state index contributed by atoms with van der Waals surface area (Å²) in [6.07, 6.45) is 13.1. The fraction of sp³-hybridized carbons (Fsp3) is 0.696. The van der Waals surface area contributed by atoms with Crippen LogP contribution in [-0.4, -0.2) is 53.8 Å². The molecule has 156 valence electrons. The number of pyridine rings is 1. The molecule has 0 radical (unpaired) electrons. The van der Waals surface area contributed by atoms with Crippen LogP contribution < -0.4 is 11.2 Å². The zero-order valence-corrected chi connectivity index (χ0v) is 17.2. The monoisotopic (exact) mass is 395 g/mol. The second kappa shape index (κ2) is 7.25. The van der Waals surface area contributed by atoms with Crippen molar-refractivity contribution in [2.75, 3.05) is 38.6 Å². The number of aromatic nitrogens is 1. The number of hydrogen-bond donors (Lipinski definition) is 2. The van der Waals surface area contributed by atoms with Gasteiger partial charge in [-0.3, -0.25) is 4.90 Å². The summed E-state index contributed by atoms with van der Waals surface area (Å²) in [6, 6.07) is 3.29. The largest absolute Gasteiger partial charge is 0.383 e. The van der Waals surface area contributed by atoms with E-state index in [9.17, 15) is 0 Å². The molecule has 3 atom stereocenters. The molecule has 7 rings (SSSR count). The van der Waals surface area contributed by atoms with Gasteiger partial charge in [0.1, 0.15) is 5.82 Å². The Bertz CT molecular complexity index is 775. The molecule has 3 unspecified atom stereocenters. The van der Waals surface area contributed by atoms with Gasteiger partial charge < -0.3 is 15.5 Å². The molecule has 0 aromatic carbocycles. The summed E-state index contributed by atoms with van der Waals surface area (Å²) >= 11 is 0. The third-order valence-electron chi connectivity index (χ3n) is 7.41. The minimum atomic E-state index is 0.254. The van der Waals surface area contributed by atoms with E-state index in [4.69, 9.17) is 10.5 Å². The molecule has 4 heterocycles. The molecule has 0 spiro atoms. The number of nitrogens with zero attached hydrogens (tertiary/aromatic N) is 3. The van der Waals surface area contributed by atoms with Crippen LogP contribution in [0.2, 0.25) is 0 Å². The van der Waals surface area contributed by atoms with Crippen molar-refractivity contribution in [2.45, 2.75) is 50.1 Å². The van der Waals surface area contributed by atoms with E-state index in [1.165, 1.54) is 56.3 Å². The smallest absolute Gasteiger partial charge is 0.126 e. The molecule has 29 heavy (non-hydrogen) atoms. The Balaban J connectivity index is 0.000000138. The number of piperidine rings is 1. The summed E-state index contributed by atoms with van der Waals surface area (Å²) in [5, 5.41) is 2.22. The number of likely N-dealkylation sites (tertiary alicyclic amines) is 1. The van der Waals surface area contributed by atoms with Gasteiger partial charge in [-0.05, 0) is 79.0 Å². The average Bonchev–Trinajstić information content (AvgIpc) is 3.60. The van der Waals surface area contributed by atoms with Crippen molar-refractivity contribution in [3.63, 3.8) is 0 Å². The van der Waals surface area contributed by atoms with E-state index in [0.29, 0.717) is 11.7 Å². The van der Waals surface area contributed by atoms with Crippen LogP contribution in [0.5, 0.6) is 0 Å². The predicted molar refractivity (Wildman–Crippen MR) is 113 cm³/mol. The number of rotatable bonds is 5. The first kappa shape index (κ1) is 18.2. The summed E-state index contributed by atoms with van der Waals surface area (Å²) in [7, 11) is 0. The lowest BCUT2D eigenvalue weighted by atomic mass is 10.1. The van der Waals surface area contributed by atoms with Crippen LogP contribution in [0.15, 0.2) is 24.5 Å². The number of nitrogens with one attached hydrogen (secondary N) is 1. The first-order valence-corrected chi connectivity index (χ1v) is 11.5. The van der Waals surface area contributed by atoms with Crippen LogP contribution in [0.4, 0.5) is 5.82 Å². The molecule has 3 N–H and O–H groups in total. The number of anilines is 1. The SMILES string of the molecule is C1C2CN(C3COC3)CC12.Nc1ncc(C2C=CN(CC3CC3)N2)cc1C1CC1. The molecule has 6 aliphatic rings. The topological polar surface area (TPSA) is 66.7 Å². The lowest BCUT2D eigenvalue weighted by Gasteiger charge is -2.35. The second-order valence-corrected chi connectivity index (χ2v) is 9.96. The summed E-state index contributed by atoms with van der Waals surface area (Å²) in [6.45, 7) is 5.88. The van der Waals surface area contributed by atoms with Crippen LogP contribution in [-0.2, 0) is 4.74 Å². The number of nitrogens with two attached hydrogens (primary N) is 1. The summed E-state index contributed by atoms with van der Waals surface area (Å²) in [4.78, 5) is 6.98. The van der Waals surface area contributed by atoms with Gasteiger partial charge in [0.2, 0.25) is 0 Å². The maximum Gasteiger partial charge on any atom is 0.126 e. The van der Waals surface area contributed by atoms with Crippen molar-refractivity contribution >= 4 is 5.82 Å². The second-order valence-electron chi connectivity index (χ2n) is 9.96. The minimum Gasteiger partial charge on any atom is -0.383 e. The van der Waals surface area contributed by atoms with Crippen molar-refractivity contribution in [3.05, 3.63) is 35.7 Å². The highest BCUT2D eigenvalue weighted by Crippen LogP contribution is 2.46. The van der Waals surface area contributed by atoms with Crippen LogP contribution in [0.3, 0.4) is 0 Å². The number of ether oxygens (including phenoxy) is 1. The van der Waals surface area contributed by atoms with E-state index in [-0.39, 0.29) is 6.04 Å². The highest BCUT2D eigenvalue weighted by atomic mass is 16.5. The molecule has 3 aliphatic carbocycles. The van der Waals surface area contributed by atoms with E-state index >= 15 is 0 Å². The van der Waals surface area contributed by atoms with E-state index in [2.05, 4.69) is 38.7 Å². The maximum absolute atomic E-state index is 5.97. The summed E-state index contributed by atoms with van der Waals surface area (Å²) in [5.74, 6) is 4.42. The molecule has 1 aromatic rings. The van der Waals surface area contributed by atoms with Gasteiger partial charge in [0.15, 0.2) is 0 Å². The van der Waals surface area contributed by atoms with Gasteiger partial charge in [0.25, 0.3) is 0 Å². The first-order chi connectivity index (χ1) is 14.2. The lowest BCUT2D eigenvalue weighted by molar-refractivity contribution is -0.0605. The van der Waals surface area contributed by atoms with Gasteiger partial charge in [0, 0.05) is 32.0 Å². The van der Waals surface area contributed by atoms with Crippen molar-refractivity contribution in [3.8, 4) is 0 Å². The normalized spacial score (nSPS) is 33.2. The van der Waals surface area contributed by atoms with Crippen LogP contribution in [0.1, 0.15) is 55.2 Å². The molecule has 0 amide bonds. The molecule has 5 fully saturated rings. The van der Waals surface area contributed by atoms with Crippen LogP contribution >= 0.6 is 0 Å². The van der Waals surface area contributed by atoms with E-state index in [1.807, 2.05) is 6.20 Å². The number of nitrogen functional groups attached to an aromatic ring is 1. The Hall–Kier alpha value is -1.63. The van der Waals surface area contributed by atoms with Gasteiger partial charge in [-0.15, -0.1) is 0 Å². The van der Waals surface area contributed by atoms with Crippen molar-refractivity contribution in [1.29, 1.82) is 0 Å². The molecule has 0 bridgehead atoms. The molecule has 6 heteroatoms. The third-order valence-corrected chi connectivity index (χ3v) is 7.41. The van der Waals surface area contributed by atoms with E-state index < -0.39 is 0 Å². The highest BCUT2D eigenvalue weighted by Gasteiger charge is 2.47. The number of fused-ring (bicyclic) bond motifs is 1. The Kier molecular flexibility index (Phi) is 4.54. The van der Waals surface area contributed by atoms with Gasteiger partial charge in [-0.2, -0.15) is 0 Å². The Morgan fingerprint density at radius 2 is 1.93 bits per heavy atom. The quantitative estimate of drug-likeness (QED) is 0.799. The van der Waals surface area contributed by atoms with Gasteiger partial charge in [-0.25, -0.2) is 10.4 Å². The number of hydrazine groups is 1. The summed E-state index contributed by atoms with van der Waals surface area (Å²) < 4.78 is 5.16. The van der Waals surface area contributed by atoms with Crippen molar-refractivity contribution in [1.82, 2.24) is 20.3 Å².